The van der Waals surface area contributed by atoms with Crippen LogP contribution in [0.1, 0.15) is 43.3 Å². The number of pyridine rings is 1. The molecule has 0 aliphatic carbocycles. The van der Waals surface area contributed by atoms with Gasteiger partial charge in [-0.25, -0.2) is 0 Å². The van der Waals surface area contributed by atoms with Crippen LogP contribution in [0.4, 0.5) is 17.1 Å². The molecule has 2 fully saturated rings. The number of hydrogen-bond donors (Lipinski definition) is 1. The normalized spacial score (nSPS) is 19.6. The summed E-state index contributed by atoms with van der Waals surface area (Å²) in [6, 6.07) is 21.4. The van der Waals surface area contributed by atoms with E-state index < -0.39 is 4.92 Å². The highest BCUT2D eigenvalue weighted by molar-refractivity contribution is 7.80. The lowest BCUT2D eigenvalue weighted by atomic mass is 9.98. The molecule has 40 heavy (non-hydrogen) atoms. The summed E-state index contributed by atoms with van der Waals surface area (Å²) < 4.78 is 6.38. The van der Waals surface area contributed by atoms with Crippen molar-refractivity contribution in [3.8, 4) is 11.3 Å². The molecule has 4 aromatic rings. The molecule has 2 aromatic carbocycles. The van der Waals surface area contributed by atoms with Crippen LogP contribution in [-0.4, -0.2) is 28.1 Å². The van der Waals surface area contributed by atoms with Gasteiger partial charge in [0.2, 0.25) is 0 Å². The van der Waals surface area contributed by atoms with Gasteiger partial charge in [-0.15, -0.1) is 0 Å². The van der Waals surface area contributed by atoms with Gasteiger partial charge in [0.05, 0.1) is 27.4 Å². The number of thiocarbonyl (C=S) groups is 1. The quantitative estimate of drug-likeness (QED) is 0.146. The maximum Gasteiger partial charge on any atom is 0.269 e. The Bertz CT molecular complexity index is 1540. The molecule has 10 heteroatoms. The van der Waals surface area contributed by atoms with Crippen LogP contribution in [0.25, 0.3) is 11.3 Å². The van der Waals surface area contributed by atoms with E-state index in [1.54, 1.807) is 18.3 Å². The van der Waals surface area contributed by atoms with Crippen molar-refractivity contribution >= 4 is 46.0 Å². The number of anilines is 2. The highest BCUT2D eigenvalue weighted by atomic mass is 35.5. The summed E-state index contributed by atoms with van der Waals surface area (Å²) in [5.74, 6) is 2.02. The number of furan rings is 1. The van der Waals surface area contributed by atoms with Gasteiger partial charge in [0.25, 0.3) is 5.69 Å². The molecule has 2 atom stereocenters. The Labute approximate surface area is 242 Å². The zero-order valence-corrected chi connectivity index (χ0v) is 23.4. The van der Waals surface area contributed by atoms with E-state index in [0.717, 1.165) is 54.5 Å². The van der Waals surface area contributed by atoms with E-state index in [4.69, 9.17) is 28.2 Å². The Hall–Kier alpha value is -3.95. The maximum absolute atomic E-state index is 11.1. The van der Waals surface area contributed by atoms with E-state index in [2.05, 4.69) is 34.3 Å². The van der Waals surface area contributed by atoms with E-state index in [9.17, 15) is 10.1 Å². The maximum atomic E-state index is 11.1. The SMILES string of the molecule is CC1CCN(c2ccc(N3C(=S)N[C@@H](c4ccccn4)[C@H]3c3ccc(-c4ccc([N+](=O)[O-])cc4)o3)cc2Cl)CC1. The van der Waals surface area contributed by atoms with Crippen LogP contribution in [0.5, 0.6) is 0 Å². The van der Waals surface area contributed by atoms with Crippen molar-refractivity contribution in [2.45, 2.75) is 31.8 Å². The van der Waals surface area contributed by atoms with Crippen molar-refractivity contribution in [3.05, 3.63) is 106 Å². The van der Waals surface area contributed by atoms with Gasteiger partial charge in [-0.2, -0.15) is 0 Å². The van der Waals surface area contributed by atoms with Crippen LogP contribution in [-0.2, 0) is 0 Å². The van der Waals surface area contributed by atoms with Gasteiger partial charge in [0, 0.05) is 42.7 Å². The molecule has 2 saturated heterocycles. The second-order valence-electron chi connectivity index (χ2n) is 10.3. The number of rotatable bonds is 6. The topological polar surface area (TPSA) is 87.7 Å². The first-order valence-electron chi connectivity index (χ1n) is 13.3. The molecule has 4 heterocycles. The third kappa shape index (κ3) is 5.02. The third-order valence-electron chi connectivity index (χ3n) is 7.71. The molecule has 2 aliphatic rings. The van der Waals surface area contributed by atoms with Crippen molar-refractivity contribution in [2.24, 2.45) is 5.92 Å². The molecule has 0 radical (unpaired) electrons. The molecule has 0 spiro atoms. The van der Waals surface area contributed by atoms with Gasteiger partial charge in [0.1, 0.15) is 17.6 Å². The van der Waals surface area contributed by atoms with Gasteiger partial charge in [-0.1, -0.05) is 24.6 Å². The molecule has 2 aromatic heterocycles. The molecule has 6 rings (SSSR count). The van der Waals surface area contributed by atoms with Crippen molar-refractivity contribution in [1.29, 1.82) is 0 Å². The number of nitrogens with one attached hydrogen (secondary N) is 1. The van der Waals surface area contributed by atoms with E-state index in [0.29, 0.717) is 21.7 Å². The molecule has 8 nitrogen and oxygen atoms in total. The molecular weight excluding hydrogens is 546 g/mol. The summed E-state index contributed by atoms with van der Waals surface area (Å²) in [6.07, 6.45) is 4.07. The number of benzene rings is 2. The highest BCUT2D eigenvalue weighted by Gasteiger charge is 2.43. The highest BCUT2D eigenvalue weighted by Crippen LogP contribution is 2.44. The smallest absolute Gasteiger partial charge is 0.269 e. The standard InChI is InChI=1S/C30H28ClN5O3S/c1-19-13-16-34(17-14-19)25-10-9-22(18-23(25)31)35-29(28(33-30(35)40)24-4-2-3-15-32-24)27-12-11-26(39-27)20-5-7-21(8-6-20)36(37)38/h2-12,15,18-19,28-29H,13-14,16-17H2,1H3,(H,33,40)/t28-,29+/m0/s1. The van der Waals surface area contributed by atoms with Crippen molar-refractivity contribution in [2.75, 3.05) is 22.9 Å². The molecule has 0 amide bonds. The van der Waals surface area contributed by atoms with Gasteiger partial charge in [-0.3, -0.25) is 15.1 Å². The van der Waals surface area contributed by atoms with E-state index in [1.807, 2.05) is 41.3 Å². The number of aromatic nitrogens is 1. The minimum atomic E-state index is -0.417. The number of nitro groups is 1. The Morgan fingerprint density at radius 1 is 1.07 bits per heavy atom. The van der Waals surface area contributed by atoms with Gasteiger partial charge < -0.3 is 19.5 Å². The zero-order chi connectivity index (χ0) is 27.8. The Morgan fingerprint density at radius 2 is 1.85 bits per heavy atom. The summed E-state index contributed by atoms with van der Waals surface area (Å²) in [4.78, 5) is 19.7. The first-order chi connectivity index (χ1) is 19.4. The first-order valence-corrected chi connectivity index (χ1v) is 14.1. The van der Waals surface area contributed by atoms with Gasteiger partial charge in [0.15, 0.2) is 5.11 Å². The van der Waals surface area contributed by atoms with Crippen LogP contribution >= 0.6 is 23.8 Å². The lowest BCUT2D eigenvalue weighted by molar-refractivity contribution is -0.384. The fraction of sp³-hybridized carbons (Fsp3) is 0.267. The van der Waals surface area contributed by atoms with E-state index >= 15 is 0 Å². The monoisotopic (exact) mass is 573 g/mol. The number of hydrogen-bond acceptors (Lipinski definition) is 6. The molecule has 0 bridgehead atoms. The summed E-state index contributed by atoms with van der Waals surface area (Å²) in [5, 5.41) is 15.8. The average Bonchev–Trinajstić information content (AvgIpc) is 3.59. The summed E-state index contributed by atoms with van der Waals surface area (Å²) in [6.45, 7) is 4.28. The number of nitro benzene ring substituents is 1. The summed E-state index contributed by atoms with van der Waals surface area (Å²) in [5.41, 5.74) is 3.49. The Kier molecular flexibility index (Phi) is 7.16. The van der Waals surface area contributed by atoms with Crippen molar-refractivity contribution in [1.82, 2.24) is 10.3 Å². The predicted molar refractivity (Wildman–Crippen MR) is 161 cm³/mol. The minimum absolute atomic E-state index is 0.0293. The Morgan fingerprint density at radius 3 is 2.52 bits per heavy atom. The van der Waals surface area contributed by atoms with Crippen LogP contribution < -0.4 is 15.1 Å². The van der Waals surface area contributed by atoms with Gasteiger partial charge >= 0.3 is 0 Å². The molecule has 2 aliphatic heterocycles. The molecule has 204 valence electrons. The third-order valence-corrected chi connectivity index (χ3v) is 8.33. The fourth-order valence-corrected chi connectivity index (χ4v) is 6.13. The molecule has 1 N–H and O–H groups in total. The average molecular weight is 574 g/mol. The largest absolute Gasteiger partial charge is 0.459 e. The fourth-order valence-electron chi connectivity index (χ4n) is 5.49. The lowest BCUT2D eigenvalue weighted by Crippen LogP contribution is -2.33. The molecule has 0 saturated carbocycles. The second kappa shape index (κ2) is 10.9. The summed E-state index contributed by atoms with van der Waals surface area (Å²) in [7, 11) is 0. The number of non-ortho nitro benzene ring substituents is 1. The van der Waals surface area contributed by atoms with Crippen LogP contribution in [0.2, 0.25) is 5.02 Å². The van der Waals surface area contributed by atoms with Crippen molar-refractivity contribution < 1.29 is 9.34 Å². The minimum Gasteiger partial charge on any atom is -0.459 e. The van der Waals surface area contributed by atoms with Gasteiger partial charge in [-0.05, 0) is 85.6 Å². The first kappa shape index (κ1) is 26.3. The molecular formula is C30H28ClN5O3S. The van der Waals surface area contributed by atoms with Crippen molar-refractivity contribution in [3.63, 3.8) is 0 Å². The van der Waals surface area contributed by atoms with E-state index in [1.165, 1.54) is 12.1 Å². The van der Waals surface area contributed by atoms with Crippen LogP contribution in [0.3, 0.4) is 0 Å². The van der Waals surface area contributed by atoms with E-state index in [-0.39, 0.29) is 17.8 Å². The number of piperidine rings is 1. The number of nitrogens with zero attached hydrogens (tertiary/aromatic N) is 4. The Balaban J connectivity index is 1.36. The zero-order valence-electron chi connectivity index (χ0n) is 21.9. The summed E-state index contributed by atoms with van der Waals surface area (Å²) >= 11 is 12.7. The lowest BCUT2D eigenvalue weighted by Gasteiger charge is -2.33. The molecule has 0 unspecified atom stereocenters. The van der Waals surface area contributed by atoms with Crippen LogP contribution in [0.15, 0.2) is 83.4 Å². The predicted octanol–water partition coefficient (Wildman–Crippen LogP) is 7.32. The number of halogens is 1. The van der Waals surface area contributed by atoms with Crippen LogP contribution in [0, 0.1) is 16.0 Å². The second-order valence-corrected chi connectivity index (χ2v) is 11.1.